The molecule has 0 aliphatic carbocycles. The zero-order chi connectivity index (χ0) is 5.28. The molecule has 1 aliphatic heterocycles. The number of nitrogens with one attached hydrogen (secondary N) is 1. The fourth-order valence-corrected chi connectivity index (χ4v) is 0.315. The summed E-state index contributed by atoms with van der Waals surface area (Å²) in [5.74, 6) is -0.838. The molecular weight excluding hydrogens is 94.0 g/mol. The molecule has 0 bridgehead atoms. The van der Waals surface area contributed by atoms with E-state index in [9.17, 15) is 9.59 Å². The van der Waals surface area contributed by atoms with Crippen LogP contribution in [-0.4, -0.2) is 11.8 Å². The van der Waals surface area contributed by atoms with Crippen LogP contribution in [0.5, 0.6) is 0 Å². The van der Waals surface area contributed by atoms with Crippen LogP contribution in [0.25, 0.3) is 0 Å². The van der Waals surface area contributed by atoms with Crippen molar-refractivity contribution in [2.24, 2.45) is 0 Å². The Bertz CT molecular complexity index is 132. The summed E-state index contributed by atoms with van der Waals surface area (Å²) in [6, 6.07) is 0. The molecule has 0 aromatic carbocycles. The van der Waals surface area contributed by atoms with E-state index in [1.54, 1.807) is 0 Å². The van der Waals surface area contributed by atoms with Crippen LogP contribution in [0.4, 0.5) is 0 Å². The molecule has 1 rings (SSSR count). The zero-order valence-electron chi connectivity index (χ0n) is 3.39. The molecule has 0 unspecified atom stereocenters. The minimum atomic E-state index is -0.454. The van der Waals surface area contributed by atoms with Crippen LogP contribution in [0.15, 0.2) is 6.08 Å². The largest absolute Gasteiger partial charge is 0.289 e. The molecule has 0 atom stereocenters. The van der Waals surface area contributed by atoms with Crippen LogP contribution in [0, 0.1) is 6.08 Å². The van der Waals surface area contributed by atoms with Crippen molar-refractivity contribution < 1.29 is 9.59 Å². The molecule has 0 fully saturated rings. The van der Waals surface area contributed by atoms with Crippen molar-refractivity contribution in [2.75, 3.05) is 0 Å². The van der Waals surface area contributed by atoms with Gasteiger partial charge in [0.1, 0.15) is 0 Å². The van der Waals surface area contributed by atoms with Crippen LogP contribution in [0.1, 0.15) is 0 Å². The lowest BCUT2D eigenvalue weighted by molar-refractivity contribution is -0.123. The molecule has 0 spiro atoms. The van der Waals surface area contributed by atoms with Gasteiger partial charge >= 0.3 is 0 Å². The number of amides is 2. The van der Waals surface area contributed by atoms with E-state index in [-0.39, 0.29) is 5.91 Å². The second-order valence-electron chi connectivity index (χ2n) is 1.11. The SMILES string of the molecule is O=C1[C]=CC(=O)N1. The lowest BCUT2D eigenvalue weighted by Gasteiger charge is -1.79. The van der Waals surface area contributed by atoms with Gasteiger partial charge in [-0.1, -0.05) is 0 Å². The quantitative estimate of drug-likeness (QED) is 0.393. The average molecular weight is 96.1 g/mol. The van der Waals surface area contributed by atoms with Crippen LogP contribution in [-0.2, 0) is 9.59 Å². The first kappa shape index (κ1) is 4.05. The average Bonchev–Trinajstić information content (AvgIpc) is 1.87. The Morgan fingerprint density at radius 1 is 1.57 bits per heavy atom. The minimum Gasteiger partial charge on any atom is -0.289 e. The summed E-state index contributed by atoms with van der Waals surface area (Å²) in [5.41, 5.74) is 0. The van der Waals surface area contributed by atoms with Gasteiger partial charge in [0.2, 0.25) is 0 Å². The highest BCUT2D eigenvalue weighted by molar-refractivity contribution is 6.10. The summed E-state index contributed by atoms with van der Waals surface area (Å²) >= 11 is 0. The van der Waals surface area contributed by atoms with E-state index in [1.807, 2.05) is 5.32 Å². The Morgan fingerprint density at radius 2 is 2.29 bits per heavy atom. The Hall–Kier alpha value is -1.12. The molecule has 3 nitrogen and oxygen atoms in total. The molecular formula is C4H2NO2. The summed E-state index contributed by atoms with van der Waals surface area (Å²) in [6.45, 7) is 0. The van der Waals surface area contributed by atoms with Crippen molar-refractivity contribution in [1.82, 2.24) is 5.32 Å². The van der Waals surface area contributed by atoms with Crippen LogP contribution in [0.2, 0.25) is 0 Å². The van der Waals surface area contributed by atoms with E-state index in [4.69, 9.17) is 0 Å². The van der Waals surface area contributed by atoms with Crippen molar-refractivity contribution in [3.05, 3.63) is 12.2 Å². The molecule has 0 saturated carbocycles. The maximum absolute atomic E-state index is 10.0. The van der Waals surface area contributed by atoms with E-state index in [0.29, 0.717) is 0 Å². The Kier molecular flexibility index (Phi) is 0.685. The summed E-state index contributed by atoms with van der Waals surface area (Å²) in [5, 5.41) is 1.97. The van der Waals surface area contributed by atoms with Crippen molar-refractivity contribution in [3.8, 4) is 0 Å². The van der Waals surface area contributed by atoms with Gasteiger partial charge in [-0.15, -0.1) is 0 Å². The van der Waals surface area contributed by atoms with E-state index in [0.717, 1.165) is 6.08 Å². The molecule has 35 valence electrons. The third-order valence-electron chi connectivity index (χ3n) is 0.571. The number of carbonyl (C=O) groups excluding carboxylic acids is 2. The first-order chi connectivity index (χ1) is 3.29. The second-order valence-corrected chi connectivity index (χ2v) is 1.11. The van der Waals surface area contributed by atoms with Crippen molar-refractivity contribution in [2.45, 2.75) is 0 Å². The van der Waals surface area contributed by atoms with Gasteiger partial charge in [0.25, 0.3) is 11.8 Å². The lowest BCUT2D eigenvalue weighted by Crippen LogP contribution is -2.20. The minimum absolute atomic E-state index is 0.384. The van der Waals surface area contributed by atoms with Crippen LogP contribution in [0.3, 0.4) is 0 Å². The predicted molar refractivity (Wildman–Crippen MR) is 21.0 cm³/mol. The van der Waals surface area contributed by atoms with E-state index >= 15 is 0 Å². The summed E-state index contributed by atoms with van der Waals surface area (Å²) < 4.78 is 0. The molecule has 0 aromatic rings. The molecule has 1 heterocycles. The third-order valence-corrected chi connectivity index (χ3v) is 0.571. The topological polar surface area (TPSA) is 46.2 Å². The molecule has 1 N–H and O–H groups in total. The monoisotopic (exact) mass is 96.0 g/mol. The number of imide groups is 1. The summed E-state index contributed by atoms with van der Waals surface area (Å²) in [7, 11) is 0. The van der Waals surface area contributed by atoms with Gasteiger partial charge in [0, 0.05) is 6.08 Å². The number of hydrogen-bond acceptors (Lipinski definition) is 2. The fourth-order valence-electron chi connectivity index (χ4n) is 0.315. The van der Waals surface area contributed by atoms with Crippen molar-refractivity contribution in [3.63, 3.8) is 0 Å². The van der Waals surface area contributed by atoms with Gasteiger partial charge in [0.15, 0.2) is 0 Å². The highest BCUT2D eigenvalue weighted by Gasteiger charge is 2.07. The van der Waals surface area contributed by atoms with Crippen molar-refractivity contribution >= 4 is 11.8 Å². The number of carbonyl (C=O) groups is 2. The van der Waals surface area contributed by atoms with Crippen LogP contribution >= 0.6 is 0 Å². The normalized spacial score (nSPS) is 17.7. The molecule has 0 aromatic heterocycles. The maximum atomic E-state index is 10.0. The first-order valence-electron chi connectivity index (χ1n) is 1.74. The first-order valence-corrected chi connectivity index (χ1v) is 1.74. The van der Waals surface area contributed by atoms with E-state index < -0.39 is 5.91 Å². The molecule has 2 amide bonds. The second kappa shape index (κ2) is 1.18. The summed E-state index contributed by atoms with van der Waals surface area (Å²) in [6.07, 6.45) is 3.22. The maximum Gasteiger partial charge on any atom is 0.259 e. The number of rotatable bonds is 0. The molecule has 3 heteroatoms. The Balaban J connectivity index is 2.76. The summed E-state index contributed by atoms with van der Waals surface area (Å²) in [4.78, 5) is 20.0. The van der Waals surface area contributed by atoms with Gasteiger partial charge in [-0.25, -0.2) is 0 Å². The standard InChI is InChI=1S/C4H2NO2/c6-3-1-2-4(7)5-3/h1H,(H,5,6,7). The third kappa shape index (κ3) is 0.652. The lowest BCUT2D eigenvalue weighted by atomic mass is 10.6. The predicted octanol–water partition coefficient (Wildman–Crippen LogP) is -0.998. The zero-order valence-corrected chi connectivity index (χ0v) is 3.39. The molecule has 1 aliphatic rings. The highest BCUT2D eigenvalue weighted by atomic mass is 16.2. The van der Waals surface area contributed by atoms with E-state index in [2.05, 4.69) is 6.08 Å². The van der Waals surface area contributed by atoms with Gasteiger partial charge in [-0.3, -0.25) is 14.9 Å². The Labute approximate surface area is 40.0 Å². The van der Waals surface area contributed by atoms with E-state index in [1.165, 1.54) is 0 Å². The van der Waals surface area contributed by atoms with Crippen LogP contribution < -0.4 is 5.32 Å². The highest BCUT2D eigenvalue weighted by Crippen LogP contribution is 1.80. The number of hydrogen-bond donors (Lipinski definition) is 1. The smallest absolute Gasteiger partial charge is 0.259 e. The van der Waals surface area contributed by atoms with Crippen molar-refractivity contribution in [1.29, 1.82) is 0 Å². The van der Waals surface area contributed by atoms with Gasteiger partial charge in [0.05, 0.1) is 6.08 Å². The fraction of sp³-hybridized carbons (Fsp3) is 0. The van der Waals surface area contributed by atoms with Gasteiger partial charge in [-0.05, 0) is 0 Å². The molecule has 0 saturated heterocycles. The Morgan fingerprint density at radius 3 is 2.43 bits per heavy atom. The van der Waals surface area contributed by atoms with Gasteiger partial charge in [-0.2, -0.15) is 0 Å². The molecule has 7 heavy (non-hydrogen) atoms. The van der Waals surface area contributed by atoms with Gasteiger partial charge < -0.3 is 0 Å². The molecule has 1 radical (unpaired) electrons.